The smallest absolute Gasteiger partial charge is 0.242 e. The average Bonchev–Trinajstić information content (AvgIpc) is 2.88. The number of nitrogens with zero attached hydrogens (tertiary/aromatic N) is 4. The summed E-state index contributed by atoms with van der Waals surface area (Å²) in [5.74, 6) is 1.24. The lowest BCUT2D eigenvalue weighted by Gasteiger charge is -2.24. The van der Waals surface area contributed by atoms with E-state index >= 15 is 0 Å². The van der Waals surface area contributed by atoms with E-state index in [9.17, 15) is 9.59 Å². The van der Waals surface area contributed by atoms with Crippen LogP contribution >= 0.6 is 11.8 Å². The van der Waals surface area contributed by atoms with E-state index in [-0.39, 0.29) is 18.4 Å². The molecule has 6 nitrogen and oxygen atoms in total. The predicted octanol–water partition coefficient (Wildman–Crippen LogP) is 1.13. The molecule has 25 heavy (non-hydrogen) atoms. The summed E-state index contributed by atoms with van der Waals surface area (Å²) in [7, 11) is 0. The largest absolute Gasteiger partial charge is 0.340 e. The molecule has 1 aromatic carbocycles. The summed E-state index contributed by atoms with van der Waals surface area (Å²) < 4.78 is 0. The van der Waals surface area contributed by atoms with Gasteiger partial charge in [-0.15, -0.1) is 11.8 Å². The second kappa shape index (κ2) is 8.37. The molecule has 0 saturated carbocycles. The van der Waals surface area contributed by atoms with Crippen LogP contribution < -0.4 is 0 Å². The number of nitriles is 1. The van der Waals surface area contributed by atoms with Crippen LogP contribution in [0.3, 0.4) is 0 Å². The third-order valence-corrected chi connectivity index (χ3v) is 5.53. The van der Waals surface area contributed by atoms with E-state index in [1.54, 1.807) is 16.7 Å². The van der Waals surface area contributed by atoms with Gasteiger partial charge in [-0.25, -0.2) is 0 Å². The van der Waals surface area contributed by atoms with Gasteiger partial charge in [-0.2, -0.15) is 5.26 Å². The number of carbonyl (C=O) groups excluding carboxylic acids is 2. The minimum absolute atomic E-state index is 0.0519. The third kappa shape index (κ3) is 4.74. The van der Waals surface area contributed by atoms with E-state index in [0.29, 0.717) is 23.7 Å². The molecule has 0 bridgehead atoms. The topological polar surface area (TPSA) is 67.7 Å². The van der Waals surface area contributed by atoms with Crippen molar-refractivity contribution in [2.75, 3.05) is 44.4 Å². The van der Waals surface area contributed by atoms with Crippen molar-refractivity contribution >= 4 is 23.6 Å². The van der Waals surface area contributed by atoms with Crippen LogP contribution in [0.15, 0.2) is 24.3 Å². The maximum atomic E-state index is 12.5. The summed E-state index contributed by atoms with van der Waals surface area (Å²) in [6.45, 7) is 4.26. The Morgan fingerprint density at radius 3 is 2.64 bits per heavy atom. The Balaban J connectivity index is 1.50. The van der Waals surface area contributed by atoms with Crippen molar-refractivity contribution in [3.8, 4) is 6.07 Å². The zero-order valence-electron chi connectivity index (χ0n) is 14.2. The minimum Gasteiger partial charge on any atom is -0.340 e. The molecule has 0 atom stereocenters. The lowest BCUT2D eigenvalue weighted by Crippen LogP contribution is -2.42. The van der Waals surface area contributed by atoms with Crippen LogP contribution in [0.25, 0.3) is 0 Å². The van der Waals surface area contributed by atoms with Gasteiger partial charge in [0.05, 0.1) is 23.3 Å². The highest BCUT2D eigenvalue weighted by molar-refractivity contribution is 8.00. The van der Waals surface area contributed by atoms with Crippen molar-refractivity contribution < 1.29 is 9.59 Å². The lowest BCUT2D eigenvalue weighted by atomic mass is 10.1. The number of hydrogen-bond donors (Lipinski definition) is 0. The van der Waals surface area contributed by atoms with Crippen molar-refractivity contribution in [1.29, 1.82) is 5.26 Å². The van der Waals surface area contributed by atoms with Gasteiger partial charge in [0.1, 0.15) is 6.54 Å². The van der Waals surface area contributed by atoms with Gasteiger partial charge in [0, 0.05) is 32.7 Å². The molecule has 7 heteroatoms. The molecule has 0 spiro atoms. The van der Waals surface area contributed by atoms with Crippen LogP contribution in [-0.2, 0) is 16.1 Å². The molecule has 2 heterocycles. The minimum atomic E-state index is 0.0519. The highest BCUT2D eigenvalue weighted by atomic mass is 32.2. The second-order valence-electron chi connectivity index (χ2n) is 6.39. The molecule has 2 aliphatic rings. The monoisotopic (exact) mass is 358 g/mol. The average molecular weight is 358 g/mol. The molecule has 0 aliphatic carbocycles. The first-order chi connectivity index (χ1) is 12.2. The number of hydrogen-bond acceptors (Lipinski definition) is 5. The molecular weight excluding hydrogens is 336 g/mol. The van der Waals surface area contributed by atoms with Gasteiger partial charge in [0.25, 0.3) is 0 Å². The van der Waals surface area contributed by atoms with E-state index < -0.39 is 0 Å². The highest BCUT2D eigenvalue weighted by Gasteiger charge is 2.26. The first kappa shape index (κ1) is 17.8. The zero-order valence-corrected chi connectivity index (χ0v) is 15.0. The fraction of sp³-hybridized carbons (Fsp3) is 0.500. The lowest BCUT2D eigenvalue weighted by molar-refractivity contribution is -0.137. The van der Waals surface area contributed by atoms with Crippen LogP contribution in [-0.4, -0.2) is 70.9 Å². The number of carbonyl (C=O) groups is 2. The summed E-state index contributed by atoms with van der Waals surface area (Å²) in [6, 6.07) is 9.79. The molecule has 132 valence electrons. The van der Waals surface area contributed by atoms with Crippen LogP contribution in [0.1, 0.15) is 17.5 Å². The molecule has 0 radical (unpaired) electrons. The Morgan fingerprint density at radius 1 is 1.16 bits per heavy atom. The maximum absolute atomic E-state index is 12.5. The molecule has 1 aromatic rings. The van der Waals surface area contributed by atoms with E-state index in [1.165, 1.54) is 5.56 Å². The summed E-state index contributed by atoms with van der Waals surface area (Å²) in [4.78, 5) is 30.0. The predicted molar refractivity (Wildman–Crippen MR) is 96.7 cm³/mol. The Labute approximate surface area is 152 Å². The third-order valence-electron chi connectivity index (χ3n) is 4.58. The van der Waals surface area contributed by atoms with E-state index in [0.717, 1.165) is 32.6 Å². The van der Waals surface area contributed by atoms with Crippen molar-refractivity contribution in [1.82, 2.24) is 14.7 Å². The van der Waals surface area contributed by atoms with Gasteiger partial charge in [-0.3, -0.25) is 14.5 Å². The number of rotatable bonds is 4. The molecule has 0 N–H and O–H groups in total. The van der Waals surface area contributed by atoms with Crippen LogP contribution in [0.2, 0.25) is 0 Å². The fourth-order valence-electron chi connectivity index (χ4n) is 3.12. The number of benzene rings is 1. The molecule has 0 unspecified atom stereocenters. The van der Waals surface area contributed by atoms with Gasteiger partial charge < -0.3 is 9.80 Å². The van der Waals surface area contributed by atoms with Crippen molar-refractivity contribution in [2.24, 2.45) is 0 Å². The molecular formula is C18H22N4O2S. The van der Waals surface area contributed by atoms with Crippen molar-refractivity contribution in [3.05, 3.63) is 35.4 Å². The SMILES string of the molecule is N#Cc1ccc(CN2CCCN(C(=O)CN3CSCC3=O)CC2)cc1. The van der Waals surface area contributed by atoms with Crippen molar-refractivity contribution in [3.63, 3.8) is 0 Å². The quantitative estimate of drug-likeness (QED) is 0.807. The van der Waals surface area contributed by atoms with Gasteiger partial charge in [-0.1, -0.05) is 12.1 Å². The summed E-state index contributed by atoms with van der Waals surface area (Å²) in [6.07, 6.45) is 0.935. The van der Waals surface area contributed by atoms with Crippen LogP contribution in [0.4, 0.5) is 0 Å². The van der Waals surface area contributed by atoms with E-state index in [2.05, 4.69) is 11.0 Å². The highest BCUT2D eigenvalue weighted by Crippen LogP contribution is 2.15. The first-order valence-corrected chi connectivity index (χ1v) is 9.66. The van der Waals surface area contributed by atoms with Crippen molar-refractivity contribution in [2.45, 2.75) is 13.0 Å². The summed E-state index contributed by atoms with van der Waals surface area (Å²) >= 11 is 1.56. The van der Waals surface area contributed by atoms with Crippen LogP contribution in [0.5, 0.6) is 0 Å². The summed E-state index contributed by atoms with van der Waals surface area (Å²) in [5.41, 5.74) is 1.85. The Bertz CT molecular complexity index is 671. The Hall–Kier alpha value is -2.04. The fourth-order valence-corrected chi connectivity index (χ4v) is 4.03. The van der Waals surface area contributed by atoms with Gasteiger partial charge in [0.15, 0.2) is 0 Å². The van der Waals surface area contributed by atoms with Gasteiger partial charge in [0.2, 0.25) is 11.8 Å². The normalized spacial score (nSPS) is 18.9. The molecule has 2 saturated heterocycles. The standard InChI is InChI=1S/C18H22N4O2S/c19-10-15-2-4-16(5-3-15)11-20-6-1-7-21(9-8-20)17(23)12-22-14-25-13-18(22)24/h2-5H,1,6-9,11-14H2. The Morgan fingerprint density at radius 2 is 1.96 bits per heavy atom. The first-order valence-electron chi connectivity index (χ1n) is 8.50. The second-order valence-corrected chi connectivity index (χ2v) is 7.34. The molecule has 0 aromatic heterocycles. The molecule has 2 amide bonds. The van der Waals surface area contributed by atoms with Gasteiger partial charge in [-0.05, 0) is 24.1 Å². The van der Waals surface area contributed by atoms with E-state index in [4.69, 9.17) is 5.26 Å². The molecule has 2 fully saturated rings. The van der Waals surface area contributed by atoms with Gasteiger partial charge >= 0.3 is 0 Å². The molecule has 3 rings (SSSR count). The number of amides is 2. The zero-order chi connectivity index (χ0) is 17.6. The molecule has 2 aliphatic heterocycles. The number of thioether (sulfide) groups is 1. The Kier molecular flexibility index (Phi) is 5.95. The van der Waals surface area contributed by atoms with Crippen LogP contribution in [0, 0.1) is 11.3 Å². The maximum Gasteiger partial charge on any atom is 0.242 e. The van der Waals surface area contributed by atoms with E-state index in [1.807, 2.05) is 29.2 Å². The summed E-state index contributed by atoms with van der Waals surface area (Å²) in [5, 5.41) is 8.86.